The van der Waals surface area contributed by atoms with Crippen molar-refractivity contribution in [1.82, 2.24) is 24.4 Å². The van der Waals surface area contributed by atoms with E-state index >= 15 is 0 Å². The van der Waals surface area contributed by atoms with Crippen LogP contribution in [0.4, 0.5) is 30.5 Å². The molecule has 0 radical (unpaired) electrons. The molecule has 1 saturated heterocycles. The Balaban J connectivity index is 1.43. The predicted molar refractivity (Wildman–Crippen MR) is 126 cm³/mol. The molecule has 0 saturated carbocycles. The number of nitrogens with zero attached hydrogens (tertiary/aromatic N) is 6. The highest BCUT2D eigenvalue weighted by Crippen LogP contribution is 2.37. The van der Waals surface area contributed by atoms with Crippen LogP contribution in [0.5, 0.6) is 0 Å². The molecule has 0 bridgehead atoms. The Hall–Kier alpha value is -3.66. The van der Waals surface area contributed by atoms with Crippen molar-refractivity contribution in [2.24, 2.45) is 7.05 Å². The van der Waals surface area contributed by atoms with Gasteiger partial charge in [-0.25, -0.2) is 15.0 Å². The molecular formula is C24H24F3N7. The van der Waals surface area contributed by atoms with Crippen molar-refractivity contribution in [3.8, 4) is 11.3 Å². The number of piperazine rings is 1. The lowest BCUT2D eigenvalue weighted by Gasteiger charge is -2.34. The Morgan fingerprint density at radius 2 is 1.65 bits per heavy atom. The zero-order valence-corrected chi connectivity index (χ0v) is 18.8. The van der Waals surface area contributed by atoms with Crippen molar-refractivity contribution >= 4 is 28.4 Å². The number of fused-ring (bicyclic) bond motifs is 1. The fourth-order valence-corrected chi connectivity index (χ4v) is 4.10. The maximum Gasteiger partial charge on any atom is 0.419 e. The van der Waals surface area contributed by atoms with Gasteiger partial charge in [0.1, 0.15) is 5.56 Å². The van der Waals surface area contributed by atoms with Crippen LogP contribution in [0, 0.1) is 0 Å². The number of aryl methyl sites for hydroxylation is 1. The number of imidazole rings is 1. The van der Waals surface area contributed by atoms with Crippen LogP contribution in [0.15, 0.2) is 55.0 Å². The second kappa shape index (κ2) is 8.60. The molecule has 3 heterocycles. The van der Waals surface area contributed by atoms with Gasteiger partial charge in [0.05, 0.1) is 23.1 Å². The minimum atomic E-state index is -4.59. The number of rotatable bonds is 4. The van der Waals surface area contributed by atoms with Gasteiger partial charge in [0.25, 0.3) is 0 Å². The summed E-state index contributed by atoms with van der Waals surface area (Å²) in [6, 6.07) is 12.7. The number of alkyl halides is 3. The molecular weight excluding hydrogens is 443 g/mol. The van der Waals surface area contributed by atoms with Gasteiger partial charge in [-0.1, -0.05) is 6.07 Å². The molecule has 4 aromatic rings. The highest BCUT2D eigenvalue weighted by atomic mass is 19.4. The zero-order chi connectivity index (χ0) is 23.9. The van der Waals surface area contributed by atoms with E-state index in [4.69, 9.17) is 0 Å². The minimum Gasteiger partial charge on any atom is -0.369 e. The van der Waals surface area contributed by atoms with Gasteiger partial charge in [0.15, 0.2) is 0 Å². The van der Waals surface area contributed by atoms with Crippen molar-refractivity contribution in [3.05, 3.63) is 60.6 Å². The van der Waals surface area contributed by atoms with Gasteiger partial charge in [-0.2, -0.15) is 13.2 Å². The molecule has 0 spiro atoms. The van der Waals surface area contributed by atoms with Crippen molar-refractivity contribution in [3.63, 3.8) is 0 Å². The summed E-state index contributed by atoms with van der Waals surface area (Å²) in [5.41, 5.74) is 2.48. The predicted octanol–water partition coefficient (Wildman–Crippen LogP) is 4.54. The summed E-state index contributed by atoms with van der Waals surface area (Å²) in [7, 11) is 3.94. The molecule has 34 heavy (non-hydrogen) atoms. The number of aromatic nitrogens is 4. The van der Waals surface area contributed by atoms with Crippen molar-refractivity contribution in [2.75, 3.05) is 43.4 Å². The third-order valence-electron chi connectivity index (χ3n) is 6.08. The second-order valence-electron chi connectivity index (χ2n) is 8.47. The molecule has 1 N–H and O–H groups in total. The summed E-state index contributed by atoms with van der Waals surface area (Å²) in [4.78, 5) is 17.0. The van der Waals surface area contributed by atoms with Gasteiger partial charge in [-0.3, -0.25) is 0 Å². The van der Waals surface area contributed by atoms with Crippen LogP contribution < -0.4 is 10.2 Å². The third kappa shape index (κ3) is 4.41. The van der Waals surface area contributed by atoms with Gasteiger partial charge < -0.3 is 19.7 Å². The smallest absolute Gasteiger partial charge is 0.369 e. The third-order valence-corrected chi connectivity index (χ3v) is 6.08. The van der Waals surface area contributed by atoms with Crippen molar-refractivity contribution < 1.29 is 13.2 Å². The van der Waals surface area contributed by atoms with Crippen LogP contribution in [0.2, 0.25) is 0 Å². The molecule has 2 aromatic heterocycles. The van der Waals surface area contributed by atoms with Crippen LogP contribution in [0.25, 0.3) is 22.3 Å². The van der Waals surface area contributed by atoms with E-state index in [1.165, 1.54) is 0 Å². The second-order valence-corrected chi connectivity index (χ2v) is 8.47. The van der Waals surface area contributed by atoms with Gasteiger partial charge in [-0.05, 0) is 43.4 Å². The average Bonchev–Trinajstić information content (AvgIpc) is 3.19. The van der Waals surface area contributed by atoms with Gasteiger partial charge in [-0.15, -0.1) is 0 Å². The van der Waals surface area contributed by atoms with Crippen molar-refractivity contribution in [1.29, 1.82) is 0 Å². The molecule has 0 unspecified atom stereocenters. The fraction of sp³-hybridized carbons (Fsp3) is 0.292. The number of halogens is 3. The monoisotopic (exact) mass is 467 g/mol. The van der Waals surface area contributed by atoms with Crippen LogP contribution in [-0.4, -0.2) is 57.6 Å². The molecule has 0 aliphatic carbocycles. The first-order chi connectivity index (χ1) is 16.3. The summed E-state index contributed by atoms with van der Waals surface area (Å²) in [6.07, 6.45) is -2.14. The maximum absolute atomic E-state index is 13.7. The van der Waals surface area contributed by atoms with Gasteiger partial charge in [0, 0.05) is 56.4 Å². The Kier molecular flexibility index (Phi) is 5.60. The largest absolute Gasteiger partial charge is 0.419 e. The molecule has 176 valence electrons. The van der Waals surface area contributed by atoms with Gasteiger partial charge >= 0.3 is 6.18 Å². The number of likely N-dealkylation sites (N-methyl/N-ethyl adjacent to an activating group) is 1. The topological polar surface area (TPSA) is 62.1 Å². The molecule has 2 aromatic carbocycles. The van der Waals surface area contributed by atoms with Crippen LogP contribution in [0.1, 0.15) is 5.56 Å². The van der Waals surface area contributed by atoms with Crippen LogP contribution >= 0.6 is 0 Å². The van der Waals surface area contributed by atoms with E-state index in [1.54, 1.807) is 24.5 Å². The number of anilines is 3. The zero-order valence-electron chi connectivity index (χ0n) is 18.8. The molecule has 5 rings (SSSR count). The van der Waals surface area contributed by atoms with E-state index in [0.29, 0.717) is 16.8 Å². The average molecular weight is 467 g/mol. The number of nitrogens with one attached hydrogen (secondary N) is 1. The van der Waals surface area contributed by atoms with Crippen molar-refractivity contribution in [2.45, 2.75) is 6.18 Å². The molecule has 10 heteroatoms. The highest BCUT2D eigenvalue weighted by Gasteiger charge is 2.35. The normalized spacial score (nSPS) is 15.1. The van der Waals surface area contributed by atoms with E-state index in [-0.39, 0.29) is 11.6 Å². The lowest BCUT2D eigenvalue weighted by Crippen LogP contribution is -2.44. The summed E-state index contributed by atoms with van der Waals surface area (Å²) in [5, 5.41) is 3.04. The molecule has 7 nitrogen and oxygen atoms in total. The van der Waals surface area contributed by atoms with E-state index in [1.807, 2.05) is 35.9 Å². The molecule has 1 fully saturated rings. The molecule has 1 aliphatic heterocycles. The number of benzene rings is 2. The van der Waals surface area contributed by atoms with E-state index in [2.05, 4.69) is 37.1 Å². The van der Waals surface area contributed by atoms with Gasteiger partial charge in [0.2, 0.25) is 5.95 Å². The Morgan fingerprint density at radius 1 is 0.912 bits per heavy atom. The summed E-state index contributed by atoms with van der Waals surface area (Å²) in [5.74, 6) is 0.0939. The highest BCUT2D eigenvalue weighted by molar-refractivity contribution is 5.82. The fourth-order valence-electron chi connectivity index (χ4n) is 4.10. The first-order valence-electron chi connectivity index (χ1n) is 10.9. The first-order valence-corrected chi connectivity index (χ1v) is 10.9. The molecule has 1 aliphatic rings. The van der Waals surface area contributed by atoms with E-state index in [0.717, 1.165) is 43.6 Å². The first kappa shape index (κ1) is 22.1. The van der Waals surface area contributed by atoms with Crippen LogP contribution in [-0.2, 0) is 13.2 Å². The van der Waals surface area contributed by atoms with E-state index < -0.39 is 11.7 Å². The minimum absolute atomic E-state index is 0.0939. The number of hydrogen-bond donors (Lipinski definition) is 1. The Bertz CT molecular complexity index is 1310. The summed E-state index contributed by atoms with van der Waals surface area (Å²) < 4.78 is 43.0. The summed E-state index contributed by atoms with van der Waals surface area (Å²) >= 11 is 0. The standard InChI is InChI=1S/C24H24F3N7/c1-32-9-11-34(12-10-32)18-6-4-17(5-7-18)30-23-28-14-19(24(25,26)27)22(31-23)16-3-8-21-20(13-16)29-15-33(21)2/h3-8,13-15H,9-12H2,1-2H3,(H,28,30,31). The Morgan fingerprint density at radius 3 is 2.35 bits per heavy atom. The summed E-state index contributed by atoms with van der Waals surface area (Å²) in [6.45, 7) is 3.92. The lowest BCUT2D eigenvalue weighted by molar-refractivity contribution is -0.137. The molecule has 0 amide bonds. The lowest BCUT2D eigenvalue weighted by atomic mass is 10.1. The number of hydrogen-bond acceptors (Lipinski definition) is 6. The van der Waals surface area contributed by atoms with E-state index in [9.17, 15) is 13.2 Å². The van der Waals surface area contributed by atoms with Crippen LogP contribution in [0.3, 0.4) is 0 Å². The maximum atomic E-state index is 13.7. The SMILES string of the molecule is CN1CCN(c2ccc(Nc3ncc(C(F)(F)F)c(-c4ccc5c(c4)ncn5C)n3)cc2)CC1. The Labute approximate surface area is 194 Å². The quantitative estimate of drug-likeness (QED) is 0.475. The molecule has 0 atom stereocenters.